The third-order valence-electron chi connectivity index (χ3n) is 3.44. The second-order valence-electron chi connectivity index (χ2n) is 4.77. The quantitative estimate of drug-likeness (QED) is 0.795. The molecule has 0 bridgehead atoms. The molecule has 0 aliphatic carbocycles. The van der Waals surface area contributed by atoms with Crippen molar-refractivity contribution < 1.29 is 5.11 Å². The highest BCUT2D eigenvalue weighted by Crippen LogP contribution is 2.35. The number of halogens is 1. The molecule has 2 atom stereocenters. The molecule has 0 saturated carbocycles. The van der Waals surface area contributed by atoms with Crippen LogP contribution in [0.25, 0.3) is 0 Å². The van der Waals surface area contributed by atoms with Crippen LogP contribution in [-0.4, -0.2) is 10.9 Å². The molecule has 4 N–H and O–H groups in total. The van der Waals surface area contributed by atoms with Gasteiger partial charge in [0.25, 0.3) is 0 Å². The molecule has 0 radical (unpaired) electrons. The molecule has 2 unspecified atom stereocenters. The molecular formula is C15H14ClN3O. The van der Waals surface area contributed by atoms with Gasteiger partial charge in [-0.05, 0) is 35.4 Å². The molecule has 0 amide bonds. The lowest BCUT2D eigenvalue weighted by atomic mass is 9.87. The van der Waals surface area contributed by atoms with Gasteiger partial charge in [-0.2, -0.15) is 5.10 Å². The van der Waals surface area contributed by atoms with E-state index in [2.05, 4.69) is 10.5 Å². The molecule has 0 spiro atoms. The van der Waals surface area contributed by atoms with Crippen molar-refractivity contribution in [3.63, 3.8) is 0 Å². The number of nitrogens with zero attached hydrogens (tertiary/aromatic N) is 1. The van der Waals surface area contributed by atoms with Crippen LogP contribution in [0.3, 0.4) is 0 Å². The van der Waals surface area contributed by atoms with Crippen molar-refractivity contribution >= 4 is 17.4 Å². The van der Waals surface area contributed by atoms with Gasteiger partial charge < -0.3 is 10.8 Å². The molecule has 0 fully saturated rings. The van der Waals surface area contributed by atoms with Gasteiger partial charge in [0.1, 0.15) is 11.6 Å². The summed E-state index contributed by atoms with van der Waals surface area (Å²) in [5.41, 5.74) is 11.0. The molecule has 102 valence electrons. The van der Waals surface area contributed by atoms with Crippen molar-refractivity contribution in [3.8, 4) is 5.75 Å². The molecule has 0 saturated heterocycles. The van der Waals surface area contributed by atoms with Gasteiger partial charge >= 0.3 is 0 Å². The van der Waals surface area contributed by atoms with Gasteiger partial charge in [0.2, 0.25) is 0 Å². The summed E-state index contributed by atoms with van der Waals surface area (Å²) in [6.45, 7) is 0. The largest absolute Gasteiger partial charge is 0.508 e. The number of nitrogens with two attached hydrogens (primary N) is 1. The van der Waals surface area contributed by atoms with Crippen LogP contribution in [0.1, 0.15) is 23.1 Å². The van der Waals surface area contributed by atoms with E-state index in [-0.39, 0.29) is 17.7 Å². The Labute approximate surface area is 121 Å². The first-order chi connectivity index (χ1) is 9.65. The minimum Gasteiger partial charge on any atom is -0.508 e. The average Bonchev–Trinajstić information content (AvgIpc) is 2.82. The fraction of sp³-hybridized carbons (Fsp3) is 0.133. The number of hydrogen-bond acceptors (Lipinski definition) is 4. The van der Waals surface area contributed by atoms with Crippen molar-refractivity contribution in [2.45, 2.75) is 12.0 Å². The summed E-state index contributed by atoms with van der Waals surface area (Å²) in [6, 6.07) is 14.6. The van der Waals surface area contributed by atoms with Crippen molar-refractivity contribution in [2.75, 3.05) is 0 Å². The van der Waals surface area contributed by atoms with Gasteiger partial charge in [0.15, 0.2) is 0 Å². The molecule has 20 heavy (non-hydrogen) atoms. The molecule has 1 aliphatic rings. The van der Waals surface area contributed by atoms with Crippen molar-refractivity contribution in [1.82, 2.24) is 5.43 Å². The minimum absolute atomic E-state index is 0.0749. The molecule has 4 nitrogen and oxygen atoms in total. The number of aromatic hydroxyl groups is 1. The molecule has 2 aromatic rings. The summed E-state index contributed by atoms with van der Waals surface area (Å²) < 4.78 is 0. The number of amidine groups is 1. The van der Waals surface area contributed by atoms with E-state index in [0.29, 0.717) is 10.9 Å². The van der Waals surface area contributed by atoms with Crippen LogP contribution in [0.15, 0.2) is 53.6 Å². The summed E-state index contributed by atoms with van der Waals surface area (Å²) in [7, 11) is 0. The number of benzene rings is 2. The Balaban J connectivity index is 1.98. The van der Waals surface area contributed by atoms with Gasteiger partial charge in [-0.15, -0.1) is 0 Å². The third-order valence-corrected chi connectivity index (χ3v) is 3.70. The fourth-order valence-corrected chi connectivity index (χ4v) is 2.60. The first-order valence-electron chi connectivity index (χ1n) is 6.28. The van der Waals surface area contributed by atoms with Crippen LogP contribution in [-0.2, 0) is 0 Å². The van der Waals surface area contributed by atoms with E-state index in [1.807, 2.05) is 30.3 Å². The SMILES string of the molecule is NC1=NNC(c2cccc(O)c2)C1c1ccc(Cl)cc1. The Morgan fingerprint density at radius 3 is 2.55 bits per heavy atom. The first-order valence-corrected chi connectivity index (χ1v) is 6.66. The second kappa shape index (κ2) is 5.06. The molecule has 2 aromatic carbocycles. The lowest BCUT2D eigenvalue weighted by Crippen LogP contribution is -2.24. The number of rotatable bonds is 2. The fourth-order valence-electron chi connectivity index (χ4n) is 2.48. The van der Waals surface area contributed by atoms with Crippen LogP contribution in [0.5, 0.6) is 5.75 Å². The molecule has 0 aromatic heterocycles. The highest BCUT2D eigenvalue weighted by Gasteiger charge is 2.32. The summed E-state index contributed by atoms with van der Waals surface area (Å²) >= 11 is 5.92. The van der Waals surface area contributed by atoms with Gasteiger partial charge in [-0.3, -0.25) is 5.43 Å². The van der Waals surface area contributed by atoms with Gasteiger partial charge in [-0.25, -0.2) is 0 Å². The van der Waals surface area contributed by atoms with Crippen LogP contribution < -0.4 is 11.2 Å². The summed E-state index contributed by atoms with van der Waals surface area (Å²) in [5, 5.41) is 14.4. The summed E-state index contributed by atoms with van der Waals surface area (Å²) in [4.78, 5) is 0. The van der Waals surface area contributed by atoms with Crippen LogP contribution in [0.2, 0.25) is 5.02 Å². The number of phenolic OH excluding ortho intramolecular Hbond substituents is 1. The zero-order chi connectivity index (χ0) is 14.1. The van der Waals surface area contributed by atoms with Gasteiger partial charge in [0.05, 0.1) is 12.0 Å². The number of nitrogens with one attached hydrogen (secondary N) is 1. The van der Waals surface area contributed by atoms with E-state index in [0.717, 1.165) is 11.1 Å². The molecule has 1 aliphatic heterocycles. The molecular weight excluding hydrogens is 274 g/mol. The predicted molar refractivity (Wildman–Crippen MR) is 79.8 cm³/mol. The van der Waals surface area contributed by atoms with E-state index in [9.17, 15) is 5.11 Å². The van der Waals surface area contributed by atoms with E-state index in [4.69, 9.17) is 17.3 Å². The van der Waals surface area contributed by atoms with Crippen LogP contribution >= 0.6 is 11.6 Å². The van der Waals surface area contributed by atoms with Gasteiger partial charge in [0, 0.05) is 5.02 Å². The van der Waals surface area contributed by atoms with E-state index in [1.54, 1.807) is 18.2 Å². The number of hydrazone groups is 1. The maximum absolute atomic E-state index is 9.62. The maximum Gasteiger partial charge on any atom is 0.129 e. The van der Waals surface area contributed by atoms with E-state index >= 15 is 0 Å². The Hall–Kier alpha value is -2.20. The maximum atomic E-state index is 9.62. The topological polar surface area (TPSA) is 70.6 Å². The average molecular weight is 288 g/mol. The zero-order valence-electron chi connectivity index (χ0n) is 10.6. The highest BCUT2D eigenvalue weighted by atomic mass is 35.5. The monoisotopic (exact) mass is 287 g/mol. The lowest BCUT2D eigenvalue weighted by molar-refractivity contribution is 0.471. The highest BCUT2D eigenvalue weighted by molar-refractivity contribution is 6.30. The molecule has 1 heterocycles. The second-order valence-corrected chi connectivity index (χ2v) is 5.20. The van der Waals surface area contributed by atoms with Crippen molar-refractivity contribution in [1.29, 1.82) is 0 Å². The minimum atomic E-state index is -0.0942. The summed E-state index contributed by atoms with van der Waals surface area (Å²) in [6.07, 6.45) is 0. The molecule has 3 rings (SSSR count). The number of hydrogen-bond donors (Lipinski definition) is 3. The van der Waals surface area contributed by atoms with Crippen LogP contribution in [0, 0.1) is 0 Å². The van der Waals surface area contributed by atoms with Crippen molar-refractivity contribution in [3.05, 3.63) is 64.7 Å². The van der Waals surface area contributed by atoms with Gasteiger partial charge in [-0.1, -0.05) is 35.9 Å². The third kappa shape index (κ3) is 2.30. The molecule has 5 heteroatoms. The smallest absolute Gasteiger partial charge is 0.129 e. The summed E-state index contributed by atoms with van der Waals surface area (Å²) in [5.74, 6) is 0.680. The normalized spacial score (nSPS) is 21.4. The number of phenols is 1. The standard InChI is InChI=1S/C15H14ClN3O/c16-11-6-4-9(5-7-11)13-14(18-19-15(13)17)10-2-1-3-12(20)8-10/h1-8,13-14,18,20H,(H2,17,19). The van der Waals surface area contributed by atoms with E-state index in [1.165, 1.54) is 0 Å². The Kier molecular flexibility index (Phi) is 3.24. The predicted octanol–water partition coefficient (Wildman–Crippen LogP) is 2.75. The first kappa shape index (κ1) is 12.8. The Morgan fingerprint density at radius 2 is 1.85 bits per heavy atom. The zero-order valence-corrected chi connectivity index (χ0v) is 11.4. The van der Waals surface area contributed by atoms with E-state index < -0.39 is 0 Å². The lowest BCUT2D eigenvalue weighted by Gasteiger charge is -2.20. The van der Waals surface area contributed by atoms with Crippen molar-refractivity contribution in [2.24, 2.45) is 10.8 Å². The van der Waals surface area contributed by atoms with Crippen LogP contribution in [0.4, 0.5) is 0 Å². The Bertz CT molecular complexity index is 654. The Morgan fingerprint density at radius 1 is 1.10 bits per heavy atom.